The van der Waals surface area contributed by atoms with Crippen LogP contribution in [-0.4, -0.2) is 18.5 Å². The Hall–Kier alpha value is -2.86. The van der Waals surface area contributed by atoms with E-state index in [-0.39, 0.29) is 18.6 Å². The lowest BCUT2D eigenvalue weighted by atomic mass is 10.2. The van der Waals surface area contributed by atoms with E-state index in [0.29, 0.717) is 5.76 Å². The molecule has 0 saturated heterocycles. The number of carbonyl (C=O) groups excluding carboxylic acids is 2. The number of ether oxygens (including phenoxy) is 1. The monoisotopic (exact) mass is 369 g/mol. The second kappa shape index (κ2) is 8.01. The first-order valence-corrected chi connectivity index (χ1v) is 9.07. The van der Waals surface area contributed by atoms with E-state index in [2.05, 4.69) is 5.32 Å². The molecule has 1 atom stereocenters. The summed E-state index contributed by atoms with van der Waals surface area (Å²) in [6, 6.07) is 11.2. The minimum atomic E-state index is -0.552. The van der Waals surface area contributed by atoms with Crippen molar-refractivity contribution < 1.29 is 18.7 Å². The van der Waals surface area contributed by atoms with Crippen LogP contribution in [0, 0.1) is 6.92 Å². The van der Waals surface area contributed by atoms with Crippen molar-refractivity contribution in [1.82, 2.24) is 5.32 Å². The van der Waals surface area contributed by atoms with Gasteiger partial charge in [-0.2, -0.15) is 0 Å². The molecule has 0 aliphatic rings. The predicted octanol–water partition coefficient (Wildman–Crippen LogP) is 4.24. The third kappa shape index (κ3) is 4.40. The average Bonchev–Trinajstić information content (AvgIpc) is 3.24. The molecule has 3 aromatic rings. The zero-order valence-corrected chi connectivity index (χ0v) is 15.3. The summed E-state index contributed by atoms with van der Waals surface area (Å²) in [5, 5.41) is 5.69. The van der Waals surface area contributed by atoms with Crippen molar-refractivity contribution in [3.63, 3.8) is 0 Å². The van der Waals surface area contributed by atoms with Gasteiger partial charge in [0.25, 0.3) is 5.91 Å². The van der Waals surface area contributed by atoms with Crippen LogP contribution < -0.4 is 5.32 Å². The van der Waals surface area contributed by atoms with Gasteiger partial charge in [-0.25, -0.2) is 4.79 Å². The number of benzene rings is 1. The maximum atomic E-state index is 12.0. The lowest BCUT2D eigenvalue weighted by Gasteiger charge is -2.11. The first-order chi connectivity index (χ1) is 12.5. The van der Waals surface area contributed by atoms with Crippen LogP contribution in [0.1, 0.15) is 29.2 Å². The normalized spacial score (nSPS) is 12.4. The van der Waals surface area contributed by atoms with E-state index in [4.69, 9.17) is 9.15 Å². The zero-order valence-electron chi connectivity index (χ0n) is 14.5. The van der Waals surface area contributed by atoms with E-state index in [1.54, 1.807) is 6.08 Å². The van der Waals surface area contributed by atoms with Crippen LogP contribution in [0.15, 0.2) is 52.3 Å². The zero-order chi connectivity index (χ0) is 18.5. The van der Waals surface area contributed by atoms with Gasteiger partial charge in [-0.1, -0.05) is 18.2 Å². The van der Waals surface area contributed by atoms with Crippen molar-refractivity contribution in [3.8, 4) is 0 Å². The molecule has 0 aliphatic carbocycles. The van der Waals surface area contributed by atoms with Crippen molar-refractivity contribution in [3.05, 3.63) is 64.1 Å². The number of carbonyl (C=O) groups is 2. The lowest BCUT2D eigenvalue weighted by Crippen LogP contribution is -2.30. The number of para-hydroxylation sites is 1. The summed E-state index contributed by atoms with van der Waals surface area (Å²) < 4.78 is 10.7. The van der Waals surface area contributed by atoms with E-state index >= 15 is 0 Å². The largest absolute Gasteiger partial charge is 0.459 e. The van der Waals surface area contributed by atoms with E-state index in [9.17, 15) is 9.59 Å². The topological polar surface area (TPSA) is 68.5 Å². The highest BCUT2D eigenvalue weighted by Crippen LogP contribution is 2.23. The van der Waals surface area contributed by atoms with Gasteiger partial charge in [0.2, 0.25) is 0 Å². The molecule has 6 heteroatoms. The molecule has 26 heavy (non-hydrogen) atoms. The first-order valence-electron chi connectivity index (χ1n) is 8.19. The van der Waals surface area contributed by atoms with Crippen LogP contribution in [0.2, 0.25) is 0 Å². The number of thiophene rings is 1. The molecule has 2 aromatic heterocycles. The summed E-state index contributed by atoms with van der Waals surface area (Å²) in [5.74, 6) is -0.282. The molecule has 0 spiro atoms. The van der Waals surface area contributed by atoms with Gasteiger partial charge in [0, 0.05) is 16.3 Å². The Kier molecular flexibility index (Phi) is 5.53. The minimum absolute atomic E-state index is 0.321. The van der Waals surface area contributed by atoms with Crippen LogP contribution in [-0.2, 0) is 14.3 Å². The minimum Gasteiger partial charge on any atom is -0.459 e. The van der Waals surface area contributed by atoms with Crippen molar-refractivity contribution in [2.45, 2.75) is 19.9 Å². The molecule has 0 aliphatic heterocycles. The summed E-state index contributed by atoms with van der Waals surface area (Å²) in [6.07, 6.45) is 3.02. The number of esters is 1. The van der Waals surface area contributed by atoms with Crippen LogP contribution in [0.4, 0.5) is 0 Å². The highest BCUT2D eigenvalue weighted by molar-refractivity contribution is 7.11. The molecular weight excluding hydrogens is 350 g/mol. The van der Waals surface area contributed by atoms with Crippen LogP contribution in [0.3, 0.4) is 0 Å². The Morgan fingerprint density at radius 2 is 2.12 bits per heavy atom. The molecule has 0 unspecified atom stereocenters. The molecule has 134 valence electrons. The van der Waals surface area contributed by atoms with Gasteiger partial charge in [-0.3, -0.25) is 4.79 Å². The van der Waals surface area contributed by atoms with E-state index < -0.39 is 5.97 Å². The Bertz CT molecular complexity index is 921. The molecule has 1 N–H and O–H groups in total. The standard InChI is InChI=1S/C20H19NO4S/c1-13-9-10-26-18(13)7-8-20(23)24-12-19(22)21-14(2)17-11-15-5-3-4-6-16(15)25-17/h3-11,14H,12H2,1-2H3,(H,21,22)/b8-7+/t14-/m1/s1. The summed E-state index contributed by atoms with van der Waals surface area (Å²) >= 11 is 1.54. The number of hydrogen-bond acceptors (Lipinski definition) is 5. The van der Waals surface area contributed by atoms with Gasteiger partial charge in [-0.05, 0) is 49.1 Å². The Labute approximate surface area is 155 Å². The molecule has 0 radical (unpaired) electrons. The molecule has 0 bridgehead atoms. The van der Waals surface area contributed by atoms with Gasteiger partial charge in [-0.15, -0.1) is 11.3 Å². The van der Waals surface area contributed by atoms with Crippen molar-refractivity contribution in [2.24, 2.45) is 0 Å². The quantitative estimate of drug-likeness (QED) is 0.521. The van der Waals surface area contributed by atoms with Crippen molar-refractivity contribution in [1.29, 1.82) is 0 Å². The lowest BCUT2D eigenvalue weighted by molar-refractivity contribution is -0.144. The van der Waals surface area contributed by atoms with Gasteiger partial charge >= 0.3 is 5.97 Å². The molecular formula is C20H19NO4S. The number of furan rings is 1. The van der Waals surface area contributed by atoms with Crippen molar-refractivity contribution >= 4 is 40.3 Å². The van der Waals surface area contributed by atoms with Crippen molar-refractivity contribution in [2.75, 3.05) is 6.61 Å². The van der Waals surface area contributed by atoms with E-state index in [0.717, 1.165) is 21.4 Å². The van der Waals surface area contributed by atoms with Gasteiger partial charge in [0.05, 0.1) is 6.04 Å². The molecule has 1 amide bonds. The molecule has 1 aromatic carbocycles. The van der Waals surface area contributed by atoms with E-state index in [1.807, 2.05) is 55.6 Å². The summed E-state index contributed by atoms with van der Waals surface area (Å²) in [4.78, 5) is 24.7. The summed E-state index contributed by atoms with van der Waals surface area (Å²) in [7, 11) is 0. The third-order valence-corrected chi connectivity index (χ3v) is 4.85. The summed E-state index contributed by atoms with van der Waals surface area (Å²) in [6.45, 7) is 3.45. The van der Waals surface area contributed by atoms with Gasteiger partial charge in [0.1, 0.15) is 11.3 Å². The highest BCUT2D eigenvalue weighted by Gasteiger charge is 2.15. The Morgan fingerprint density at radius 3 is 2.85 bits per heavy atom. The van der Waals surface area contributed by atoms with E-state index in [1.165, 1.54) is 17.4 Å². The fourth-order valence-corrected chi connectivity index (χ4v) is 3.27. The Morgan fingerprint density at radius 1 is 1.31 bits per heavy atom. The maximum Gasteiger partial charge on any atom is 0.331 e. The average molecular weight is 369 g/mol. The number of nitrogens with one attached hydrogen (secondary N) is 1. The molecule has 3 rings (SSSR count). The summed E-state index contributed by atoms with van der Waals surface area (Å²) in [5.41, 5.74) is 1.86. The number of rotatable bonds is 6. The number of fused-ring (bicyclic) bond motifs is 1. The Balaban J connectivity index is 1.49. The SMILES string of the molecule is Cc1ccsc1/C=C/C(=O)OCC(=O)N[C@H](C)c1cc2ccccc2o1. The van der Waals surface area contributed by atoms with Gasteiger partial charge in [0.15, 0.2) is 6.61 Å². The fraction of sp³-hybridized carbons (Fsp3) is 0.200. The molecule has 5 nitrogen and oxygen atoms in total. The third-order valence-electron chi connectivity index (χ3n) is 3.87. The van der Waals surface area contributed by atoms with Crippen LogP contribution in [0.25, 0.3) is 17.0 Å². The van der Waals surface area contributed by atoms with Gasteiger partial charge < -0.3 is 14.5 Å². The number of amides is 1. The molecule has 2 heterocycles. The number of hydrogen-bond donors (Lipinski definition) is 1. The number of aryl methyl sites for hydroxylation is 1. The molecule has 0 saturated carbocycles. The second-order valence-electron chi connectivity index (χ2n) is 5.88. The van der Waals surface area contributed by atoms with Crippen LogP contribution >= 0.6 is 11.3 Å². The predicted molar refractivity (Wildman–Crippen MR) is 102 cm³/mol. The maximum absolute atomic E-state index is 12.0. The first kappa shape index (κ1) is 17.9. The smallest absolute Gasteiger partial charge is 0.331 e. The van der Waals surface area contributed by atoms with Crippen LogP contribution in [0.5, 0.6) is 0 Å². The second-order valence-corrected chi connectivity index (χ2v) is 6.83. The highest BCUT2D eigenvalue weighted by atomic mass is 32.1. The molecule has 0 fully saturated rings. The fourth-order valence-electron chi connectivity index (χ4n) is 2.45.